The zero-order valence-electron chi connectivity index (χ0n) is 16.1. The van der Waals surface area contributed by atoms with Crippen molar-refractivity contribution in [2.75, 3.05) is 19.6 Å². The van der Waals surface area contributed by atoms with Crippen molar-refractivity contribution >= 4 is 17.3 Å². The van der Waals surface area contributed by atoms with Crippen LogP contribution in [-0.2, 0) is 12.0 Å². The van der Waals surface area contributed by atoms with E-state index < -0.39 is 0 Å². The van der Waals surface area contributed by atoms with Gasteiger partial charge < -0.3 is 15.5 Å². The minimum absolute atomic E-state index is 0.108. The van der Waals surface area contributed by atoms with Gasteiger partial charge in [0, 0.05) is 42.5 Å². The van der Waals surface area contributed by atoms with Crippen molar-refractivity contribution in [1.29, 1.82) is 0 Å². The molecule has 6 heteroatoms. The van der Waals surface area contributed by atoms with Gasteiger partial charge in [-0.3, -0.25) is 0 Å². The van der Waals surface area contributed by atoms with Crippen molar-refractivity contribution < 1.29 is 0 Å². The molecule has 1 aliphatic heterocycles. The maximum absolute atomic E-state index is 4.77. The van der Waals surface area contributed by atoms with E-state index in [9.17, 15) is 0 Å². The van der Waals surface area contributed by atoms with Gasteiger partial charge >= 0.3 is 0 Å². The summed E-state index contributed by atoms with van der Waals surface area (Å²) in [7, 11) is 0. The maximum Gasteiger partial charge on any atom is 0.191 e. The molecule has 1 aliphatic carbocycles. The lowest BCUT2D eigenvalue weighted by molar-refractivity contribution is 0.197. The van der Waals surface area contributed by atoms with E-state index in [1.807, 2.05) is 0 Å². The highest BCUT2D eigenvalue weighted by molar-refractivity contribution is 7.09. The van der Waals surface area contributed by atoms with Crippen LogP contribution in [0.1, 0.15) is 64.1 Å². The number of hydrogen-bond donors (Lipinski definition) is 2. The number of piperidine rings is 1. The summed E-state index contributed by atoms with van der Waals surface area (Å²) < 4.78 is 0. The number of hydrogen-bond acceptors (Lipinski definition) is 4. The molecule has 1 aromatic heterocycles. The summed E-state index contributed by atoms with van der Waals surface area (Å²) in [5.41, 5.74) is 1.27. The van der Waals surface area contributed by atoms with Gasteiger partial charge in [0.2, 0.25) is 0 Å². The average Bonchev–Trinajstić information content (AvgIpc) is 3.30. The molecule has 0 atom stereocenters. The molecule has 2 fully saturated rings. The lowest BCUT2D eigenvalue weighted by Crippen LogP contribution is -2.49. The van der Waals surface area contributed by atoms with Crippen LogP contribution in [0, 0.1) is 0 Å². The first-order chi connectivity index (χ1) is 12.0. The van der Waals surface area contributed by atoms with E-state index in [0.717, 1.165) is 29.2 Å². The molecule has 0 bridgehead atoms. The summed E-state index contributed by atoms with van der Waals surface area (Å²) in [5, 5.41) is 10.3. The SMILES string of the molecule is CCNC(=NCc1nc(C(C)(C)C)cs1)NC1CCN(C2CC2)CC1. The first-order valence-corrected chi connectivity index (χ1v) is 10.6. The molecule has 2 N–H and O–H groups in total. The van der Waals surface area contributed by atoms with Gasteiger partial charge in [-0.2, -0.15) is 0 Å². The Kier molecular flexibility index (Phi) is 6.00. The molecule has 2 heterocycles. The third-order valence-corrected chi connectivity index (χ3v) is 5.80. The Balaban J connectivity index is 1.53. The van der Waals surface area contributed by atoms with E-state index in [0.29, 0.717) is 12.6 Å². The first-order valence-electron chi connectivity index (χ1n) is 9.69. The second kappa shape index (κ2) is 8.04. The molecule has 2 aliphatic rings. The Morgan fingerprint density at radius 2 is 2.00 bits per heavy atom. The summed E-state index contributed by atoms with van der Waals surface area (Å²) in [4.78, 5) is 12.2. The number of rotatable bonds is 5. The van der Waals surface area contributed by atoms with E-state index in [2.05, 4.69) is 48.6 Å². The summed E-state index contributed by atoms with van der Waals surface area (Å²) >= 11 is 1.71. The number of guanidine groups is 1. The smallest absolute Gasteiger partial charge is 0.191 e. The Hall–Kier alpha value is -1.14. The van der Waals surface area contributed by atoms with Crippen LogP contribution in [0.4, 0.5) is 0 Å². The van der Waals surface area contributed by atoms with Gasteiger partial charge in [0.15, 0.2) is 5.96 Å². The quantitative estimate of drug-likeness (QED) is 0.623. The van der Waals surface area contributed by atoms with Crippen molar-refractivity contribution in [2.24, 2.45) is 4.99 Å². The van der Waals surface area contributed by atoms with E-state index in [1.165, 1.54) is 38.8 Å². The predicted octanol–water partition coefficient (Wildman–Crippen LogP) is 3.12. The second-order valence-corrected chi connectivity index (χ2v) is 9.20. The third-order valence-electron chi connectivity index (χ3n) is 4.97. The second-order valence-electron chi connectivity index (χ2n) is 8.26. The van der Waals surface area contributed by atoms with Crippen LogP contribution in [0.25, 0.3) is 0 Å². The van der Waals surface area contributed by atoms with Crippen molar-refractivity contribution in [3.8, 4) is 0 Å². The summed E-state index contributed by atoms with van der Waals surface area (Å²) in [6.07, 6.45) is 5.25. The van der Waals surface area contributed by atoms with E-state index in [1.54, 1.807) is 11.3 Å². The molecule has 25 heavy (non-hydrogen) atoms. The third kappa shape index (κ3) is 5.42. The first kappa shape index (κ1) is 18.6. The molecule has 0 spiro atoms. The Labute approximate surface area is 156 Å². The zero-order valence-corrected chi connectivity index (χ0v) is 17.0. The molecular weight excluding hydrogens is 330 g/mol. The minimum atomic E-state index is 0.108. The van der Waals surface area contributed by atoms with Crippen molar-refractivity contribution in [3.63, 3.8) is 0 Å². The molecule has 1 aromatic rings. The van der Waals surface area contributed by atoms with Gasteiger partial charge in [0.25, 0.3) is 0 Å². The zero-order chi connectivity index (χ0) is 17.9. The van der Waals surface area contributed by atoms with Crippen molar-refractivity contribution in [2.45, 2.75) is 77.4 Å². The standard InChI is InChI=1S/C19H33N5S/c1-5-20-18(21-12-17-23-16(13-25-17)19(2,3)4)22-14-8-10-24(11-9-14)15-6-7-15/h13-15H,5-12H2,1-4H3,(H2,20,21,22). The van der Waals surface area contributed by atoms with Crippen LogP contribution in [0.5, 0.6) is 0 Å². The number of likely N-dealkylation sites (tertiary alicyclic amines) is 1. The molecule has 0 radical (unpaired) electrons. The average molecular weight is 364 g/mol. The van der Waals surface area contributed by atoms with E-state index >= 15 is 0 Å². The highest BCUT2D eigenvalue weighted by Gasteiger charge is 2.31. The molecular formula is C19H33N5S. The van der Waals surface area contributed by atoms with Crippen LogP contribution in [0.3, 0.4) is 0 Å². The minimum Gasteiger partial charge on any atom is -0.357 e. The normalized spacial score (nSPS) is 20.7. The lowest BCUT2D eigenvalue weighted by Gasteiger charge is -2.33. The number of nitrogens with one attached hydrogen (secondary N) is 2. The Morgan fingerprint density at radius 3 is 2.56 bits per heavy atom. The van der Waals surface area contributed by atoms with E-state index in [-0.39, 0.29) is 5.41 Å². The molecule has 1 saturated heterocycles. The predicted molar refractivity (Wildman–Crippen MR) is 106 cm³/mol. The fourth-order valence-electron chi connectivity index (χ4n) is 3.24. The van der Waals surface area contributed by atoms with Crippen LogP contribution in [0.15, 0.2) is 10.4 Å². The fraction of sp³-hybridized carbons (Fsp3) is 0.789. The Morgan fingerprint density at radius 1 is 1.28 bits per heavy atom. The van der Waals surface area contributed by atoms with Crippen LogP contribution >= 0.6 is 11.3 Å². The number of aliphatic imine (C=N–C) groups is 1. The highest BCUT2D eigenvalue weighted by atomic mass is 32.1. The van der Waals surface area contributed by atoms with Crippen molar-refractivity contribution in [3.05, 3.63) is 16.1 Å². The number of thiazole rings is 1. The van der Waals surface area contributed by atoms with Crippen molar-refractivity contribution in [1.82, 2.24) is 20.5 Å². The molecule has 3 rings (SSSR count). The van der Waals surface area contributed by atoms with Gasteiger partial charge in [-0.15, -0.1) is 11.3 Å². The van der Waals surface area contributed by atoms with Crippen LogP contribution in [0.2, 0.25) is 0 Å². The van der Waals surface area contributed by atoms with Gasteiger partial charge in [0.05, 0.1) is 12.2 Å². The Bertz CT molecular complexity index is 577. The van der Waals surface area contributed by atoms with Crippen LogP contribution < -0.4 is 10.6 Å². The molecule has 0 amide bonds. The molecule has 140 valence electrons. The van der Waals surface area contributed by atoms with Crippen LogP contribution in [-0.4, -0.2) is 47.6 Å². The van der Waals surface area contributed by atoms with Gasteiger partial charge in [0.1, 0.15) is 5.01 Å². The van der Waals surface area contributed by atoms with E-state index in [4.69, 9.17) is 9.98 Å². The number of aromatic nitrogens is 1. The topological polar surface area (TPSA) is 52.6 Å². The molecule has 1 saturated carbocycles. The highest BCUT2D eigenvalue weighted by Crippen LogP contribution is 2.29. The molecule has 0 aromatic carbocycles. The van der Waals surface area contributed by atoms with Gasteiger partial charge in [-0.05, 0) is 32.6 Å². The summed E-state index contributed by atoms with van der Waals surface area (Å²) in [5.74, 6) is 0.930. The summed E-state index contributed by atoms with van der Waals surface area (Å²) in [6, 6.07) is 1.43. The molecule has 0 unspecified atom stereocenters. The number of nitrogens with zero attached hydrogens (tertiary/aromatic N) is 3. The summed E-state index contributed by atoms with van der Waals surface area (Å²) in [6.45, 7) is 12.7. The molecule has 5 nitrogen and oxygen atoms in total. The van der Waals surface area contributed by atoms with Gasteiger partial charge in [-0.25, -0.2) is 9.98 Å². The lowest BCUT2D eigenvalue weighted by atomic mass is 9.93. The van der Waals surface area contributed by atoms with Gasteiger partial charge in [-0.1, -0.05) is 20.8 Å². The largest absolute Gasteiger partial charge is 0.357 e. The maximum atomic E-state index is 4.77. The fourth-order valence-corrected chi connectivity index (χ4v) is 4.18. The monoisotopic (exact) mass is 363 g/mol.